The maximum absolute atomic E-state index is 9.56. The standard InChI is InChI=1S/C3H8OS2/c4-6-3-1-2-5/h4-5H,1-3H2/p-2. The van der Waals surface area contributed by atoms with Crippen LogP contribution in [0.5, 0.6) is 0 Å². The fraction of sp³-hybridized carbons (Fsp3) is 1.00. The molecule has 0 saturated carbocycles. The number of rotatable bonds is 3. The lowest BCUT2D eigenvalue weighted by atomic mass is 10.6. The summed E-state index contributed by atoms with van der Waals surface area (Å²) in [6.45, 7) is 0. The summed E-state index contributed by atoms with van der Waals surface area (Å²) in [6.07, 6.45) is 0.878. The molecule has 0 spiro atoms. The van der Waals surface area contributed by atoms with Crippen LogP contribution in [0.25, 0.3) is 0 Å². The molecule has 0 aliphatic heterocycles. The molecule has 0 aliphatic carbocycles. The Balaban J connectivity index is 2.34. The number of hydrogen-bond donors (Lipinski definition) is 0. The Kier molecular flexibility index (Phi) is 6.28. The van der Waals surface area contributed by atoms with Crippen molar-refractivity contribution < 1.29 is 4.55 Å². The lowest BCUT2D eigenvalue weighted by Crippen LogP contribution is -1.80. The summed E-state index contributed by atoms with van der Waals surface area (Å²) in [4.78, 5) is 0. The summed E-state index contributed by atoms with van der Waals surface area (Å²) in [5.74, 6) is 1.39. The minimum absolute atomic E-state index is 0.610. The first-order valence-electron chi connectivity index (χ1n) is 1.74. The molecule has 6 heavy (non-hydrogen) atoms. The topological polar surface area (TPSA) is 23.1 Å². The second kappa shape index (κ2) is 5.66. The highest BCUT2D eigenvalue weighted by molar-refractivity contribution is 7.93. The summed E-state index contributed by atoms with van der Waals surface area (Å²) in [6, 6.07) is 0. The summed E-state index contributed by atoms with van der Waals surface area (Å²) < 4.78 is 9.56. The Labute approximate surface area is 47.8 Å². The molecule has 0 saturated heterocycles. The van der Waals surface area contributed by atoms with Crippen molar-refractivity contribution in [2.24, 2.45) is 0 Å². The first-order chi connectivity index (χ1) is 2.91. The Morgan fingerprint density at radius 2 is 2.33 bits per heavy atom. The van der Waals surface area contributed by atoms with E-state index in [0.29, 0.717) is 17.8 Å². The van der Waals surface area contributed by atoms with Gasteiger partial charge in [0.15, 0.2) is 0 Å². The second-order valence-electron chi connectivity index (χ2n) is 0.880. The lowest BCUT2D eigenvalue weighted by Gasteiger charge is -2.04. The van der Waals surface area contributed by atoms with E-state index in [1.807, 2.05) is 0 Å². The van der Waals surface area contributed by atoms with Gasteiger partial charge in [0.1, 0.15) is 0 Å². The van der Waals surface area contributed by atoms with E-state index >= 15 is 0 Å². The monoisotopic (exact) mass is 122 g/mol. The molecule has 0 amide bonds. The van der Waals surface area contributed by atoms with Gasteiger partial charge in [0.2, 0.25) is 0 Å². The maximum atomic E-state index is 9.56. The Bertz CT molecular complexity index is 20.8. The molecule has 1 nitrogen and oxygen atoms in total. The predicted octanol–water partition coefficient (Wildman–Crippen LogP) is 0.787. The molecule has 0 bridgehead atoms. The Morgan fingerprint density at radius 1 is 1.67 bits per heavy atom. The molecular weight excluding hydrogens is 116 g/mol. The van der Waals surface area contributed by atoms with E-state index in [0.717, 1.165) is 12.2 Å². The first-order valence-corrected chi connectivity index (χ1v) is 3.23. The average molecular weight is 122 g/mol. The molecular formula is C3H6OS2-2. The first kappa shape index (κ1) is 6.66. The third-order valence-corrected chi connectivity index (χ3v) is 1.12. The van der Waals surface area contributed by atoms with Gasteiger partial charge >= 0.3 is 0 Å². The molecule has 0 aromatic heterocycles. The van der Waals surface area contributed by atoms with Crippen LogP contribution < -0.4 is 0 Å². The van der Waals surface area contributed by atoms with Crippen molar-refractivity contribution in [3.8, 4) is 0 Å². The second-order valence-corrected chi connectivity index (χ2v) is 1.93. The van der Waals surface area contributed by atoms with Gasteiger partial charge < -0.3 is 17.2 Å². The van der Waals surface area contributed by atoms with E-state index in [1.165, 1.54) is 0 Å². The molecule has 0 radical (unpaired) electrons. The molecule has 0 rings (SSSR count). The smallest absolute Gasteiger partial charge is 0.0231 e. The van der Waals surface area contributed by atoms with Crippen molar-refractivity contribution in [1.82, 2.24) is 0 Å². The van der Waals surface area contributed by atoms with Gasteiger partial charge in [0, 0.05) is 0 Å². The van der Waals surface area contributed by atoms with Crippen molar-refractivity contribution in [2.75, 3.05) is 11.5 Å². The highest BCUT2D eigenvalue weighted by Gasteiger charge is 1.65. The molecule has 3 heteroatoms. The zero-order chi connectivity index (χ0) is 4.83. The summed E-state index contributed by atoms with van der Waals surface area (Å²) in [5.41, 5.74) is 0. The van der Waals surface area contributed by atoms with E-state index in [4.69, 9.17) is 0 Å². The van der Waals surface area contributed by atoms with E-state index in [9.17, 15) is 4.55 Å². The normalized spacial score (nSPS) is 9.00. The van der Waals surface area contributed by atoms with Crippen molar-refractivity contribution >= 4 is 24.7 Å². The van der Waals surface area contributed by atoms with Crippen molar-refractivity contribution in [1.29, 1.82) is 0 Å². The highest BCUT2D eigenvalue weighted by atomic mass is 32.2. The highest BCUT2D eigenvalue weighted by Crippen LogP contribution is 1.91. The van der Waals surface area contributed by atoms with Crippen molar-refractivity contribution in [3.63, 3.8) is 0 Å². The van der Waals surface area contributed by atoms with Crippen LogP contribution in [0.4, 0.5) is 0 Å². The van der Waals surface area contributed by atoms with Crippen LogP contribution in [0, 0.1) is 0 Å². The third-order valence-electron chi connectivity index (χ3n) is 0.372. The van der Waals surface area contributed by atoms with Crippen LogP contribution in [-0.4, -0.2) is 16.1 Å². The lowest BCUT2D eigenvalue weighted by molar-refractivity contribution is 0.618. The van der Waals surface area contributed by atoms with Gasteiger partial charge in [-0.3, -0.25) is 12.0 Å². The van der Waals surface area contributed by atoms with Crippen LogP contribution in [0.3, 0.4) is 0 Å². The van der Waals surface area contributed by atoms with Gasteiger partial charge in [-0.25, -0.2) is 0 Å². The molecule has 0 aromatic rings. The predicted molar refractivity (Wildman–Crippen MR) is 30.1 cm³/mol. The minimum Gasteiger partial charge on any atom is -0.799 e. The zero-order valence-electron chi connectivity index (χ0n) is 3.35. The fourth-order valence-corrected chi connectivity index (χ4v) is 0.707. The molecule has 0 atom stereocenters. The van der Waals surface area contributed by atoms with Gasteiger partial charge in [-0.2, -0.15) is 5.75 Å². The quantitative estimate of drug-likeness (QED) is 0.314. The Morgan fingerprint density at radius 3 is 2.50 bits per heavy atom. The van der Waals surface area contributed by atoms with Gasteiger partial charge in [-0.05, 0) is 5.75 Å². The fourth-order valence-electron chi connectivity index (χ4n) is 0.118. The molecule has 0 fully saturated rings. The molecule has 0 heterocycles. The van der Waals surface area contributed by atoms with Crippen LogP contribution >= 0.6 is 12.0 Å². The Hall–Kier alpha value is 0.660. The summed E-state index contributed by atoms with van der Waals surface area (Å²) in [5, 5.41) is 0. The molecule has 0 N–H and O–H groups in total. The molecule has 0 unspecified atom stereocenters. The minimum atomic E-state index is 0.610. The third kappa shape index (κ3) is 4.66. The maximum Gasteiger partial charge on any atom is -0.0231 e. The number of hydrogen-bond acceptors (Lipinski definition) is 3. The molecule has 0 aromatic carbocycles. The van der Waals surface area contributed by atoms with E-state index in [-0.39, 0.29) is 0 Å². The van der Waals surface area contributed by atoms with Crippen LogP contribution in [0.1, 0.15) is 6.42 Å². The van der Waals surface area contributed by atoms with E-state index in [2.05, 4.69) is 12.6 Å². The molecule has 0 aliphatic rings. The van der Waals surface area contributed by atoms with Gasteiger partial charge in [-0.15, -0.1) is 0 Å². The van der Waals surface area contributed by atoms with E-state index in [1.54, 1.807) is 0 Å². The van der Waals surface area contributed by atoms with Gasteiger partial charge in [0.25, 0.3) is 0 Å². The van der Waals surface area contributed by atoms with Gasteiger partial charge in [-0.1, -0.05) is 6.42 Å². The average Bonchev–Trinajstić information content (AvgIpc) is 1.61. The SMILES string of the molecule is [O-]SCCC[S-]. The van der Waals surface area contributed by atoms with Crippen molar-refractivity contribution in [3.05, 3.63) is 0 Å². The summed E-state index contributed by atoms with van der Waals surface area (Å²) in [7, 11) is 0. The molecule has 38 valence electrons. The largest absolute Gasteiger partial charge is 0.799 e. The summed E-state index contributed by atoms with van der Waals surface area (Å²) >= 11 is 5.17. The van der Waals surface area contributed by atoms with Gasteiger partial charge in [0.05, 0.1) is 0 Å². The zero-order valence-corrected chi connectivity index (χ0v) is 4.98. The van der Waals surface area contributed by atoms with Crippen LogP contribution in [-0.2, 0) is 12.6 Å². The van der Waals surface area contributed by atoms with Crippen molar-refractivity contribution in [2.45, 2.75) is 6.42 Å². The van der Waals surface area contributed by atoms with Crippen LogP contribution in [0.15, 0.2) is 0 Å². The van der Waals surface area contributed by atoms with Crippen LogP contribution in [0.2, 0.25) is 0 Å². The van der Waals surface area contributed by atoms with E-state index < -0.39 is 0 Å².